The molecule has 5 heteroatoms. The summed E-state index contributed by atoms with van der Waals surface area (Å²) in [5, 5.41) is 2.93. The molecular weight excluding hydrogens is 258 g/mol. The zero-order chi connectivity index (χ0) is 15.0. The molecule has 3 atom stereocenters. The van der Waals surface area contributed by atoms with Gasteiger partial charge in [-0.3, -0.25) is 4.79 Å². The van der Waals surface area contributed by atoms with E-state index < -0.39 is 12.1 Å². The first-order valence-corrected chi connectivity index (χ1v) is 7.23. The molecule has 1 fully saturated rings. The van der Waals surface area contributed by atoms with Crippen LogP contribution < -0.4 is 5.32 Å². The summed E-state index contributed by atoms with van der Waals surface area (Å²) < 4.78 is 10.1. The summed E-state index contributed by atoms with van der Waals surface area (Å²) in [7, 11) is 0. The van der Waals surface area contributed by atoms with Gasteiger partial charge < -0.3 is 14.8 Å². The van der Waals surface area contributed by atoms with Gasteiger partial charge in [-0.05, 0) is 25.7 Å². The van der Waals surface area contributed by atoms with Crippen molar-refractivity contribution in [3.05, 3.63) is 12.7 Å². The standard InChI is InChI=1S/C15H25NO4/c1-4-9-19-12(3)15(18)20-10-14(17)16-13-8-6-5-7-11(13)2/h4,11-13H,1,5-10H2,2-3H3,(H,16,17). The second kappa shape index (κ2) is 8.74. The van der Waals surface area contributed by atoms with E-state index in [0.29, 0.717) is 5.92 Å². The van der Waals surface area contributed by atoms with Crippen molar-refractivity contribution in [2.24, 2.45) is 5.92 Å². The van der Waals surface area contributed by atoms with Crippen LogP contribution in [0.5, 0.6) is 0 Å². The number of esters is 1. The number of amides is 1. The van der Waals surface area contributed by atoms with Crippen molar-refractivity contribution in [2.45, 2.75) is 51.7 Å². The first kappa shape index (κ1) is 16.7. The van der Waals surface area contributed by atoms with Crippen LogP contribution in [-0.4, -0.2) is 37.2 Å². The highest BCUT2D eigenvalue weighted by atomic mass is 16.6. The lowest BCUT2D eigenvalue weighted by molar-refractivity contribution is -0.158. The SMILES string of the molecule is C=CCOC(C)C(=O)OCC(=O)NC1CCCCC1C. The Balaban J connectivity index is 2.25. The molecule has 5 nitrogen and oxygen atoms in total. The fraction of sp³-hybridized carbons (Fsp3) is 0.733. The molecule has 0 aromatic rings. The van der Waals surface area contributed by atoms with Crippen LogP contribution in [0, 0.1) is 5.92 Å². The smallest absolute Gasteiger partial charge is 0.335 e. The average molecular weight is 283 g/mol. The molecule has 1 saturated carbocycles. The van der Waals surface area contributed by atoms with E-state index in [1.165, 1.54) is 6.42 Å². The van der Waals surface area contributed by atoms with Crippen molar-refractivity contribution in [2.75, 3.05) is 13.2 Å². The minimum absolute atomic E-state index is 0.199. The van der Waals surface area contributed by atoms with E-state index >= 15 is 0 Å². The highest BCUT2D eigenvalue weighted by Crippen LogP contribution is 2.23. The summed E-state index contributed by atoms with van der Waals surface area (Å²) in [5.74, 6) is -0.287. The molecule has 0 heterocycles. The van der Waals surface area contributed by atoms with E-state index in [1.54, 1.807) is 13.0 Å². The van der Waals surface area contributed by atoms with Gasteiger partial charge in [-0.15, -0.1) is 6.58 Å². The van der Waals surface area contributed by atoms with Crippen LogP contribution in [0.2, 0.25) is 0 Å². The summed E-state index contributed by atoms with van der Waals surface area (Å²) in [4.78, 5) is 23.3. The van der Waals surface area contributed by atoms with Gasteiger partial charge in [0.2, 0.25) is 0 Å². The van der Waals surface area contributed by atoms with Gasteiger partial charge in [0.25, 0.3) is 5.91 Å². The van der Waals surface area contributed by atoms with Crippen LogP contribution in [0.25, 0.3) is 0 Å². The number of hydrogen-bond acceptors (Lipinski definition) is 4. The van der Waals surface area contributed by atoms with Gasteiger partial charge >= 0.3 is 5.97 Å². The highest BCUT2D eigenvalue weighted by Gasteiger charge is 2.23. The van der Waals surface area contributed by atoms with Crippen LogP contribution >= 0.6 is 0 Å². The topological polar surface area (TPSA) is 64.6 Å². The van der Waals surface area contributed by atoms with Crippen LogP contribution in [0.4, 0.5) is 0 Å². The van der Waals surface area contributed by atoms with Crippen molar-refractivity contribution in [3.8, 4) is 0 Å². The third kappa shape index (κ3) is 5.74. The fourth-order valence-corrected chi connectivity index (χ4v) is 2.31. The van der Waals surface area contributed by atoms with Crippen molar-refractivity contribution in [3.63, 3.8) is 0 Å². The normalized spacial score (nSPS) is 23.7. The lowest BCUT2D eigenvalue weighted by atomic mass is 9.86. The molecule has 0 aliphatic heterocycles. The van der Waals surface area contributed by atoms with E-state index in [0.717, 1.165) is 19.3 Å². The summed E-state index contributed by atoms with van der Waals surface area (Å²) >= 11 is 0. The molecule has 1 rings (SSSR count). The van der Waals surface area contributed by atoms with Crippen molar-refractivity contribution >= 4 is 11.9 Å². The molecule has 0 radical (unpaired) electrons. The van der Waals surface area contributed by atoms with Gasteiger partial charge in [0.1, 0.15) is 0 Å². The van der Waals surface area contributed by atoms with Gasteiger partial charge in [0.15, 0.2) is 12.7 Å². The Hall–Kier alpha value is -1.36. The summed E-state index contributed by atoms with van der Waals surface area (Å²) in [6.45, 7) is 7.26. The third-order valence-corrected chi connectivity index (χ3v) is 3.60. The predicted molar refractivity (Wildman–Crippen MR) is 76.1 cm³/mol. The zero-order valence-electron chi connectivity index (χ0n) is 12.4. The van der Waals surface area contributed by atoms with Gasteiger partial charge in [-0.1, -0.05) is 25.8 Å². The zero-order valence-corrected chi connectivity index (χ0v) is 12.4. The van der Waals surface area contributed by atoms with E-state index in [2.05, 4.69) is 18.8 Å². The minimum atomic E-state index is -0.686. The first-order valence-electron chi connectivity index (χ1n) is 7.23. The van der Waals surface area contributed by atoms with Gasteiger partial charge in [-0.2, -0.15) is 0 Å². The molecular formula is C15H25NO4. The third-order valence-electron chi connectivity index (χ3n) is 3.60. The Labute approximate surface area is 120 Å². The van der Waals surface area contributed by atoms with Gasteiger partial charge in [0.05, 0.1) is 6.61 Å². The molecule has 0 aromatic heterocycles. The molecule has 114 valence electrons. The van der Waals surface area contributed by atoms with Crippen LogP contribution in [0.1, 0.15) is 39.5 Å². The van der Waals surface area contributed by atoms with E-state index in [4.69, 9.17) is 9.47 Å². The maximum Gasteiger partial charge on any atom is 0.335 e. The number of ether oxygens (including phenoxy) is 2. The second-order valence-corrected chi connectivity index (χ2v) is 5.31. The molecule has 0 saturated heterocycles. The molecule has 1 aliphatic carbocycles. The Morgan fingerprint density at radius 3 is 2.75 bits per heavy atom. The lowest BCUT2D eigenvalue weighted by Crippen LogP contribution is -2.43. The molecule has 0 bridgehead atoms. The molecule has 1 aliphatic rings. The Bertz CT molecular complexity index is 343. The summed E-state index contributed by atoms with van der Waals surface area (Å²) in [5.41, 5.74) is 0. The van der Waals surface area contributed by atoms with Gasteiger partial charge in [0, 0.05) is 6.04 Å². The van der Waals surface area contributed by atoms with Crippen molar-refractivity contribution in [1.29, 1.82) is 0 Å². The molecule has 20 heavy (non-hydrogen) atoms. The van der Waals surface area contributed by atoms with E-state index in [1.807, 2.05) is 0 Å². The molecule has 3 unspecified atom stereocenters. The van der Waals surface area contributed by atoms with Crippen molar-refractivity contribution in [1.82, 2.24) is 5.32 Å². The highest BCUT2D eigenvalue weighted by molar-refractivity contribution is 5.82. The molecule has 1 amide bonds. The Morgan fingerprint density at radius 1 is 1.40 bits per heavy atom. The Kier molecular flexibility index (Phi) is 7.30. The lowest BCUT2D eigenvalue weighted by Gasteiger charge is -2.29. The summed E-state index contributed by atoms with van der Waals surface area (Å²) in [6, 6.07) is 0.199. The number of hydrogen-bond donors (Lipinski definition) is 1. The van der Waals surface area contributed by atoms with E-state index in [-0.39, 0.29) is 25.2 Å². The van der Waals surface area contributed by atoms with Crippen LogP contribution in [0.3, 0.4) is 0 Å². The van der Waals surface area contributed by atoms with E-state index in [9.17, 15) is 9.59 Å². The maximum absolute atomic E-state index is 11.8. The van der Waals surface area contributed by atoms with Crippen LogP contribution in [-0.2, 0) is 19.1 Å². The fourth-order valence-electron chi connectivity index (χ4n) is 2.31. The first-order chi connectivity index (χ1) is 9.54. The van der Waals surface area contributed by atoms with Crippen molar-refractivity contribution < 1.29 is 19.1 Å². The van der Waals surface area contributed by atoms with Gasteiger partial charge in [-0.25, -0.2) is 4.79 Å². The Morgan fingerprint density at radius 2 is 2.10 bits per heavy atom. The largest absolute Gasteiger partial charge is 0.454 e. The monoisotopic (exact) mass is 283 g/mol. The average Bonchev–Trinajstić information content (AvgIpc) is 2.44. The quantitative estimate of drug-likeness (QED) is 0.572. The maximum atomic E-state index is 11.8. The minimum Gasteiger partial charge on any atom is -0.454 e. The number of nitrogens with one attached hydrogen (secondary N) is 1. The number of rotatable bonds is 7. The molecule has 1 N–H and O–H groups in total. The predicted octanol–water partition coefficient (Wildman–Crippen LogP) is 1.82. The van der Waals surface area contributed by atoms with Crippen LogP contribution in [0.15, 0.2) is 12.7 Å². The number of carbonyl (C=O) groups is 2. The number of carbonyl (C=O) groups excluding carboxylic acids is 2. The molecule has 0 aromatic carbocycles. The second-order valence-electron chi connectivity index (χ2n) is 5.31. The molecule has 0 spiro atoms. The summed E-state index contributed by atoms with van der Waals surface area (Å²) in [6.07, 6.45) is 5.37.